The number of hydrogen-bond donors (Lipinski definition) is 2. The van der Waals surface area contributed by atoms with Gasteiger partial charge in [-0.2, -0.15) is 0 Å². The molecule has 5 heteroatoms. The summed E-state index contributed by atoms with van der Waals surface area (Å²) in [4.78, 5) is 6.53. The van der Waals surface area contributed by atoms with Gasteiger partial charge >= 0.3 is 0 Å². The molecule has 0 bridgehead atoms. The summed E-state index contributed by atoms with van der Waals surface area (Å²) < 4.78 is 0. The molecule has 14 heavy (non-hydrogen) atoms. The van der Waals surface area contributed by atoms with E-state index in [2.05, 4.69) is 9.88 Å². The van der Waals surface area contributed by atoms with Gasteiger partial charge in [-0.3, -0.25) is 4.90 Å². The maximum atomic E-state index is 9.34. The molecular weight excluding hydrogens is 198 g/mol. The molecule has 0 amide bonds. The van der Waals surface area contributed by atoms with E-state index >= 15 is 0 Å². The molecule has 1 saturated heterocycles. The Balaban J connectivity index is 1.86. The maximum Gasteiger partial charge on any atom is 0.134 e. The largest absolute Gasteiger partial charge is 0.393 e. The topological polar surface area (TPSA) is 62.4 Å². The molecule has 0 unspecified atom stereocenters. The van der Waals surface area contributed by atoms with Crippen molar-refractivity contribution in [2.75, 3.05) is 18.8 Å². The molecule has 0 aliphatic carbocycles. The first-order chi connectivity index (χ1) is 6.74. The van der Waals surface area contributed by atoms with E-state index in [1.165, 1.54) is 0 Å². The van der Waals surface area contributed by atoms with Gasteiger partial charge in [0.05, 0.1) is 12.6 Å². The molecule has 1 fully saturated rings. The number of nitrogens with zero attached hydrogens (tertiary/aromatic N) is 2. The van der Waals surface area contributed by atoms with Crippen molar-refractivity contribution in [3.8, 4) is 0 Å². The van der Waals surface area contributed by atoms with Crippen molar-refractivity contribution in [1.29, 1.82) is 0 Å². The van der Waals surface area contributed by atoms with Crippen LogP contribution in [0.15, 0.2) is 5.38 Å². The number of anilines is 1. The highest BCUT2D eigenvalue weighted by atomic mass is 32.1. The Bertz CT molecular complexity index is 294. The summed E-state index contributed by atoms with van der Waals surface area (Å²) in [6, 6.07) is 0. The van der Waals surface area contributed by atoms with Crippen LogP contribution in [0, 0.1) is 0 Å². The lowest BCUT2D eigenvalue weighted by molar-refractivity contribution is 0.0792. The molecule has 3 N–H and O–H groups in total. The van der Waals surface area contributed by atoms with Crippen molar-refractivity contribution in [1.82, 2.24) is 9.88 Å². The third-order valence-corrected chi connectivity index (χ3v) is 3.34. The molecule has 1 aliphatic heterocycles. The van der Waals surface area contributed by atoms with Gasteiger partial charge < -0.3 is 10.8 Å². The lowest BCUT2D eigenvalue weighted by Crippen LogP contribution is -2.35. The van der Waals surface area contributed by atoms with Gasteiger partial charge in [-0.1, -0.05) is 0 Å². The van der Waals surface area contributed by atoms with Crippen LogP contribution < -0.4 is 5.73 Å². The number of nitrogen functional groups attached to an aromatic ring is 1. The van der Waals surface area contributed by atoms with Crippen molar-refractivity contribution >= 4 is 17.2 Å². The van der Waals surface area contributed by atoms with Crippen molar-refractivity contribution in [3.05, 3.63) is 10.4 Å². The molecule has 1 aromatic rings. The highest BCUT2D eigenvalue weighted by Crippen LogP contribution is 2.17. The molecule has 4 nitrogen and oxygen atoms in total. The Hall–Kier alpha value is -0.650. The van der Waals surface area contributed by atoms with Crippen molar-refractivity contribution < 1.29 is 5.11 Å². The molecule has 2 heterocycles. The molecule has 0 radical (unpaired) electrons. The van der Waals surface area contributed by atoms with E-state index in [1.807, 2.05) is 5.38 Å². The van der Waals surface area contributed by atoms with E-state index in [-0.39, 0.29) is 6.10 Å². The van der Waals surface area contributed by atoms with E-state index < -0.39 is 0 Å². The Labute approximate surface area is 87.4 Å². The number of aliphatic hydroxyl groups is 1. The first-order valence-corrected chi connectivity index (χ1v) is 5.72. The fourth-order valence-corrected chi connectivity index (χ4v) is 2.39. The summed E-state index contributed by atoms with van der Waals surface area (Å²) in [7, 11) is 0. The van der Waals surface area contributed by atoms with Crippen molar-refractivity contribution in [2.24, 2.45) is 0 Å². The van der Waals surface area contributed by atoms with E-state index in [4.69, 9.17) is 5.73 Å². The minimum absolute atomic E-state index is 0.104. The van der Waals surface area contributed by atoms with Gasteiger partial charge in [0.1, 0.15) is 10.8 Å². The standard InChI is InChI=1S/C9H15N3OS/c10-8-6-14-9(11-8)5-12-3-1-7(13)2-4-12/h6-7,13H,1-5,10H2. The van der Waals surface area contributed by atoms with E-state index in [9.17, 15) is 5.11 Å². The van der Waals surface area contributed by atoms with E-state index in [0.29, 0.717) is 5.82 Å². The molecule has 0 saturated carbocycles. The van der Waals surface area contributed by atoms with Crippen LogP contribution in [0.5, 0.6) is 0 Å². The Kier molecular flexibility index (Phi) is 3.00. The molecule has 2 rings (SSSR count). The summed E-state index contributed by atoms with van der Waals surface area (Å²) >= 11 is 1.60. The number of thiazole rings is 1. The zero-order valence-corrected chi connectivity index (χ0v) is 8.83. The van der Waals surface area contributed by atoms with Crippen LogP contribution in [-0.2, 0) is 6.54 Å². The van der Waals surface area contributed by atoms with E-state index in [0.717, 1.165) is 37.5 Å². The number of likely N-dealkylation sites (tertiary alicyclic amines) is 1. The normalized spacial score (nSPS) is 20.1. The van der Waals surface area contributed by atoms with Crippen LogP contribution in [0.25, 0.3) is 0 Å². The zero-order chi connectivity index (χ0) is 9.97. The van der Waals surface area contributed by atoms with Crippen LogP contribution >= 0.6 is 11.3 Å². The van der Waals surface area contributed by atoms with Crippen LogP contribution in [0.1, 0.15) is 17.8 Å². The molecular formula is C9H15N3OS. The van der Waals surface area contributed by atoms with Crippen LogP contribution in [-0.4, -0.2) is 34.2 Å². The minimum atomic E-state index is -0.104. The Morgan fingerprint density at radius 1 is 1.57 bits per heavy atom. The number of aromatic nitrogens is 1. The number of aliphatic hydroxyl groups excluding tert-OH is 1. The first kappa shape index (κ1) is 9.89. The SMILES string of the molecule is Nc1csc(CN2CCC(O)CC2)n1. The molecule has 0 atom stereocenters. The monoisotopic (exact) mass is 213 g/mol. The molecule has 0 aromatic carbocycles. The number of nitrogens with two attached hydrogens (primary N) is 1. The summed E-state index contributed by atoms with van der Waals surface area (Å²) in [5.41, 5.74) is 5.55. The zero-order valence-electron chi connectivity index (χ0n) is 8.02. The molecule has 1 aliphatic rings. The lowest BCUT2D eigenvalue weighted by atomic mass is 10.1. The quantitative estimate of drug-likeness (QED) is 0.758. The average molecular weight is 213 g/mol. The highest BCUT2D eigenvalue weighted by Gasteiger charge is 2.17. The number of rotatable bonds is 2. The van der Waals surface area contributed by atoms with Gasteiger partial charge in [0.25, 0.3) is 0 Å². The Morgan fingerprint density at radius 3 is 2.86 bits per heavy atom. The second kappa shape index (κ2) is 4.25. The van der Waals surface area contributed by atoms with Gasteiger partial charge in [-0.15, -0.1) is 11.3 Å². The molecule has 78 valence electrons. The van der Waals surface area contributed by atoms with Gasteiger partial charge in [0, 0.05) is 18.5 Å². The van der Waals surface area contributed by atoms with Crippen LogP contribution in [0.4, 0.5) is 5.82 Å². The molecule has 0 spiro atoms. The van der Waals surface area contributed by atoms with Gasteiger partial charge in [-0.25, -0.2) is 4.98 Å². The summed E-state index contributed by atoms with van der Waals surface area (Å²) in [6.07, 6.45) is 1.65. The fraction of sp³-hybridized carbons (Fsp3) is 0.667. The average Bonchev–Trinajstić information content (AvgIpc) is 2.56. The predicted octanol–water partition coefficient (Wildman–Crippen LogP) is 0.682. The van der Waals surface area contributed by atoms with Gasteiger partial charge in [-0.05, 0) is 12.8 Å². The maximum absolute atomic E-state index is 9.34. The summed E-state index contributed by atoms with van der Waals surface area (Å²) in [5, 5.41) is 12.3. The lowest BCUT2D eigenvalue weighted by Gasteiger charge is -2.28. The number of piperidine rings is 1. The third-order valence-electron chi connectivity index (χ3n) is 2.49. The van der Waals surface area contributed by atoms with Crippen LogP contribution in [0.2, 0.25) is 0 Å². The second-order valence-corrected chi connectivity index (χ2v) is 4.62. The highest BCUT2D eigenvalue weighted by molar-refractivity contribution is 7.09. The second-order valence-electron chi connectivity index (χ2n) is 3.67. The molecule has 1 aromatic heterocycles. The van der Waals surface area contributed by atoms with Crippen LogP contribution in [0.3, 0.4) is 0 Å². The summed E-state index contributed by atoms with van der Waals surface area (Å²) in [6.45, 7) is 2.79. The Morgan fingerprint density at radius 2 is 2.29 bits per heavy atom. The van der Waals surface area contributed by atoms with Gasteiger partial charge in [0.2, 0.25) is 0 Å². The summed E-state index contributed by atoms with van der Waals surface area (Å²) in [5.74, 6) is 0.613. The fourth-order valence-electron chi connectivity index (χ4n) is 1.67. The van der Waals surface area contributed by atoms with Crippen molar-refractivity contribution in [2.45, 2.75) is 25.5 Å². The third kappa shape index (κ3) is 2.43. The first-order valence-electron chi connectivity index (χ1n) is 4.84. The smallest absolute Gasteiger partial charge is 0.134 e. The van der Waals surface area contributed by atoms with Crippen molar-refractivity contribution in [3.63, 3.8) is 0 Å². The number of hydrogen-bond acceptors (Lipinski definition) is 5. The van der Waals surface area contributed by atoms with Gasteiger partial charge in [0.15, 0.2) is 0 Å². The van der Waals surface area contributed by atoms with E-state index in [1.54, 1.807) is 11.3 Å². The predicted molar refractivity (Wildman–Crippen MR) is 57.0 cm³/mol. The minimum Gasteiger partial charge on any atom is -0.393 e.